The monoisotopic (exact) mass is 300 g/mol. The molecule has 0 radical (unpaired) electrons. The summed E-state index contributed by atoms with van der Waals surface area (Å²) in [6, 6.07) is 4.44. The molecule has 1 amide bonds. The standard InChI is InChI=1S/C16H17FN4O/c1-8(2)6-19-16-13-10-5-9(17)3-4-12(10)21-14(13)11(7-20-16)15(18)22/h3-5,7-8,21H,6H2,1-2H3,(H2,18,22)(H,19,20). The van der Waals surface area contributed by atoms with Crippen LogP contribution >= 0.6 is 0 Å². The van der Waals surface area contributed by atoms with Gasteiger partial charge in [-0.25, -0.2) is 9.37 Å². The summed E-state index contributed by atoms with van der Waals surface area (Å²) in [7, 11) is 0. The molecule has 0 unspecified atom stereocenters. The molecule has 0 aliphatic heterocycles. The normalized spacial score (nSPS) is 11.5. The zero-order valence-corrected chi connectivity index (χ0v) is 12.4. The lowest BCUT2D eigenvalue weighted by Gasteiger charge is -2.10. The maximum Gasteiger partial charge on any atom is 0.252 e. The van der Waals surface area contributed by atoms with E-state index in [1.165, 1.54) is 18.3 Å². The average Bonchev–Trinajstić information content (AvgIpc) is 2.83. The van der Waals surface area contributed by atoms with E-state index in [-0.39, 0.29) is 5.82 Å². The van der Waals surface area contributed by atoms with Gasteiger partial charge in [0.05, 0.1) is 16.5 Å². The fourth-order valence-corrected chi connectivity index (χ4v) is 2.49. The minimum Gasteiger partial charge on any atom is -0.369 e. The third-order valence-electron chi connectivity index (χ3n) is 3.53. The van der Waals surface area contributed by atoms with Crippen molar-refractivity contribution in [2.75, 3.05) is 11.9 Å². The van der Waals surface area contributed by atoms with Gasteiger partial charge in [0.1, 0.15) is 11.6 Å². The number of aromatic amines is 1. The Bertz CT molecular complexity index is 869. The van der Waals surface area contributed by atoms with Crippen LogP contribution < -0.4 is 11.1 Å². The first-order valence-electron chi connectivity index (χ1n) is 7.11. The van der Waals surface area contributed by atoms with E-state index in [4.69, 9.17) is 5.73 Å². The van der Waals surface area contributed by atoms with Gasteiger partial charge in [-0.2, -0.15) is 0 Å². The van der Waals surface area contributed by atoms with Crippen molar-refractivity contribution in [1.82, 2.24) is 9.97 Å². The predicted molar refractivity (Wildman–Crippen MR) is 85.4 cm³/mol. The highest BCUT2D eigenvalue weighted by atomic mass is 19.1. The highest BCUT2D eigenvalue weighted by molar-refractivity contribution is 6.18. The van der Waals surface area contributed by atoms with E-state index in [0.29, 0.717) is 33.6 Å². The average molecular weight is 300 g/mol. The molecule has 0 aliphatic carbocycles. The summed E-state index contributed by atoms with van der Waals surface area (Å²) in [6.45, 7) is 4.88. The number of rotatable bonds is 4. The molecule has 6 heteroatoms. The van der Waals surface area contributed by atoms with E-state index in [1.54, 1.807) is 6.07 Å². The van der Waals surface area contributed by atoms with Crippen LogP contribution in [-0.2, 0) is 0 Å². The summed E-state index contributed by atoms with van der Waals surface area (Å²) in [4.78, 5) is 19.0. The topological polar surface area (TPSA) is 83.8 Å². The van der Waals surface area contributed by atoms with Gasteiger partial charge < -0.3 is 16.0 Å². The van der Waals surface area contributed by atoms with Gasteiger partial charge in [-0.3, -0.25) is 4.79 Å². The Kier molecular flexibility index (Phi) is 3.44. The number of nitrogens with zero attached hydrogens (tertiary/aromatic N) is 1. The van der Waals surface area contributed by atoms with Crippen molar-refractivity contribution in [3.63, 3.8) is 0 Å². The summed E-state index contributed by atoms with van der Waals surface area (Å²) in [5.41, 5.74) is 7.02. The van der Waals surface area contributed by atoms with E-state index >= 15 is 0 Å². The number of amides is 1. The fourth-order valence-electron chi connectivity index (χ4n) is 2.49. The third kappa shape index (κ3) is 2.36. The summed E-state index contributed by atoms with van der Waals surface area (Å²) in [5.74, 6) is 0.132. The highest BCUT2D eigenvalue weighted by Gasteiger charge is 2.17. The van der Waals surface area contributed by atoms with Gasteiger partial charge in [-0.1, -0.05) is 13.8 Å². The number of halogens is 1. The van der Waals surface area contributed by atoms with Crippen LogP contribution in [0.25, 0.3) is 21.8 Å². The van der Waals surface area contributed by atoms with Crippen molar-refractivity contribution < 1.29 is 9.18 Å². The fraction of sp³-hybridized carbons (Fsp3) is 0.250. The molecule has 3 rings (SSSR count). The Hall–Kier alpha value is -2.63. The van der Waals surface area contributed by atoms with Gasteiger partial charge in [0.2, 0.25) is 0 Å². The number of nitrogens with two attached hydrogens (primary N) is 1. The smallest absolute Gasteiger partial charge is 0.252 e. The number of carbonyl (C=O) groups excluding carboxylic acids is 1. The highest BCUT2D eigenvalue weighted by Crippen LogP contribution is 2.32. The molecule has 0 atom stereocenters. The van der Waals surface area contributed by atoms with Gasteiger partial charge in [0, 0.05) is 23.6 Å². The molecule has 0 spiro atoms. The Labute approximate surface area is 126 Å². The van der Waals surface area contributed by atoms with Crippen LogP contribution in [0.4, 0.5) is 10.2 Å². The van der Waals surface area contributed by atoms with Crippen LogP contribution in [0, 0.1) is 11.7 Å². The van der Waals surface area contributed by atoms with Crippen LogP contribution in [0.2, 0.25) is 0 Å². The van der Waals surface area contributed by atoms with Crippen LogP contribution in [-0.4, -0.2) is 22.4 Å². The van der Waals surface area contributed by atoms with Gasteiger partial charge in [0.15, 0.2) is 0 Å². The number of anilines is 1. The zero-order chi connectivity index (χ0) is 15.9. The Morgan fingerprint density at radius 1 is 1.45 bits per heavy atom. The number of carbonyl (C=O) groups is 1. The van der Waals surface area contributed by atoms with Crippen molar-refractivity contribution >= 4 is 33.5 Å². The van der Waals surface area contributed by atoms with Crippen LogP contribution in [0.3, 0.4) is 0 Å². The number of aromatic nitrogens is 2. The Morgan fingerprint density at radius 2 is 2.23 bits per heavy atom. The van der Waals surface area contributed by atoms with E-state index < -0.39 is 5.91 Å². The lowest BCUT2D eigenvalue weighted by molar-refractivity contribution is 0.100. The minimum absolute atomic E-state index is 0.293. The largest absolute Gasteiger partial charge is 0.369 e. The van der Waals surface area contributed by atoms with E-state index in [9.17, 15) is 9.18 Å². The molecule has 5 nitrogen and oxygen atoms in total. The SMILES string of the molecule is CC(C)CNc1ncc(C(N)=O)c2[nH]c3ccc(F)cc3c12. The molecular formula is C16H17FN4O. The van der Waals surface area contributed by atoms with E-state index in [2.05, 4.69) is 29.1 Å². The minimum atomic E-state index is -0.570. The lowest BCUT2D eigenvalue weighted by atomic mass is 10.1. The second kappa shape index (κ2) is 5.29. The second-order valence-corrected chi connectivity index (χ2v) is 5.72. The molecule has 0 saturated heterocycles. The van der Waals surface area contributed by atoms with Crippen LogP contribution in [0.5, 0.6) is 0 Å². The number of hydrogen-bond acceptors (Lipinski definition) is 3. The van der Waals surface area contributed by atoms with Gasteiger partial charge in [-0.15, -0.1) is 0 Å². The molecule has 0 bridgehead atoms. The number of fused-ring (bicyclic) bond motifs is 3. The summed E-state index contributed by atoms with van der Waals surface area (Å²) in [6.07, 6.45) is 1.44. The molecule has 0 fully saturated rings. The quantitative estimate of drug-likeness (QED) is 0.692. The van der Waals surface area contributed by atoms with E-state index in [0.717, 1.165) is 12.1 Å². The lowest BCUT2D eigenvalue weighted by Crippen LogP contribution is -2.14. The number of benzene rings is 1. The van der Waals surface area contributed by atoms with Crippen molar-refractivity contribution in [2.45, 2.75) is 13.8 Å². The zero-order valence-electron chi connectivity index (χ0n) is 12.4. The molecule has 0 saturated carbocycles. The summed E-state index contributed by atoms with van der Waals surface area (Å²) < 4.78 is 13.6. The number of pyridine rings is 1. The first kappa shape index (κ1) is 14.3. The second-order valence-electron chi connectivity index (χ2n) is 5.72. The summed E-state index contributed by atoms with van der Waals surface area (Å²) in [5, 5.41) is 4.61. The van der Waals surface area contributed by atoms with Crippen molar-refractivity contribution in [3.05, 3.63) is 35.8 Å². The number of hydrogen-bond donors (Lipinski definition) is 3. The molecular weight excluding hydrogens is 283 g/mol. The predicted octanol–water partition coefficient (Wildman–Crippen LogP) is 3.02. The first-order valence-corrected chi connectivity index (χ1v) is 7.11. The third-order valence-corrected chi connectivity index (χ3v) is 3.53. The maximum absolute atomic E-state index is 13.6. The summed E-state index contributed by atoms with van der Waals surface area (Å²) >= 11 is 0. The molecule has 4 N–H and O–H groups in total. The van der Waals surface area contributed by atoms with Crippen molar-refractivity contribution in [3.8, 4) is 0 Å². The Balaban J connectivity index is 2.31. The van der Waals surface area contributed by atoms with E-state index in [1.807, 2.05) is 0 Å². The molecule has 2 heterocycles. The van der Waals surface area contributed by atoms with Gasteiger partial charge >= 0.3 is 0 Å². The molecule has 2 aromatic heterocycles. The molecule has 114 valence electrons. The Morgan fingerprint density at radius 3 is 2.91 bits per heavy atom. The first-order chi connectivity index (χ1) is 10.5. The van der Waals surface area contributed by atoms with Gasteiger partial charge in [-0.05, 0) is 24.1 Å². The molecule has 3 aromatic rings. The maximum atomic E-state index is 13.6. The van der Waals surface area contributed by atoms with Gasteiger partial charge in [0.25, 0.3) is 5.91 Å². The van der Waals surface area contributed by atoms with Crippen molar-refractivity contribution in [1.29, 1.82) is 0 Å². The number of H-pyrrole nitrogens is 1. The molecule has 0 aliphatic rings. The van der Waals surface area contributed by atoms with Crippen LogP contribution in [0.15, 0.2) is 24.4 Å². The van der Waals surface area contributed by atoms with Crippen LogP contribution in [0.1, 0.15) is 24.2 Å². The number of primary amides is 1. The molecule has 1 aromatic carbocycles. The molecule has 22 heavy (non-hydrogen) atoms. The number of nitrogens with one attached hydrogen (secondary N) is 2. The van der Waals surface area contributed by atoms with Crippen molar-refractivity contribution in [2.24, 2.45) is 11.7 Å².